The maximum absolute atomic E-state index is 13.2. The first kappa shape index (κ1) is 20.8. The molecule has 1 aliphatic rings. The highest BCUT2D eigenvalue weighted by Crippen LogP contribution is 2.27. The zero-order chi connectivity index (χ0) is 20.1. The minimum Gasteiger partial charge on any atom is -0.495 e. The molecule has 2 aromatic rings. The van der Waals surface area contributed by atoms with Crippen LogP contribution in [0.15, 0.2) is 47.4 Å². The molecule has 1 aliphatic heterocycles. The second kappa shape index (κ2) is 9.05. The summed E-state index contributed by atoms with van der Waals surface area (Å²) < 4.78 is 40.1. The summed E-state index contributed by atoms with van der Waals surface area (Å²) in [6.07, 6.45) is 0. The third kappa shape index (κ3) is 5.11. The van der Waals surface area contributed by atoms with Crippen molar-refractivity contribution in [1.29, 1.82) is 0 Å². The first-order chi connectivity index (χ1) is 13.4. The van der Waals surface area contributed by atoms with E-state index in [0.717, 1.165) is 29.8 Å². The molecule has 28 heavy (non-hydrogen) atoms. The Bertz CT molecular complexity index is 891. The van der Waals surface area contributed by atoms with Crippen LogP contribution in [-0.2, 0) is 14.8 Å². The van der Waals surface area contributed by atoms with Gasteiger partial charge in [0.25, 0.3) is 0 Å². The van der Waals surface area contributed by atoms with E-state index in [0.29, 0.717) is 25.5 Å². The number of hydrogen-bond acceptors (Lipinski definition) is 5. The molecule has 1 heterocycles. The standard InChI is InChI=1S/C21H28N2O4S/c1-16-4-7-18(8-5-16)19(15-23-10-12-27-13-11-23)22-28(24,25)21-14-17(2)6-9-20(21)26-3/h4-9,14,19,22H,10-13,15H2,1-3H3/t19-/m0/s1. The summed E-state index contributed by atoms with van der Waals surface area (Å²) in [7, 11) is -2.29. The number of ether oxygens (including phenoxy) is 2. The molecule has 0 saturated carbocycles. The van der Waals surface area contributed by atoms with Crippen LogP contribution in [0.4, 0.5) is 0 Å². The van der Waals surface area contributed by atoms with Crippen molar-refractivity contribution in [2.24, 2.45) is 0 Å². The van der Waals surface area contributed by atoms with E-state index in [9.17, 15) is 8.42 Å². The van der Waals surface area contributed by atoms with Crippen molar-refractivity contribution >= 4 is 10.0 Å². The highest BCUT2D eigenvalue weighted by atomic mass is 32.2. The summed E-state index contributed by atoms with van der Waals surface area (Å²) in [5.41, 5.74) is 2.94. The van der Waals surface area contributed by atoms with Gasteiger partial charge in [-0.15, -0.1) is 0 Å². The largest absolute Gasteiger partial charge is 0.495 e. The number of nitrogens with zero attached hydrogens (tertiary/aromatic N) is 1. The molecule has 1 fully saturated rings. The third-order valence-electron chi connectivity index (χ3n) is 4.93. The Morgan fingerprint density at radius 2 is 1.71 bits per heavy atom. The number of aryl methyl sites for hydroxylation is 2. The van der Waals surface area contributed by atoms with Gasteiger partial charge in [-0.3, -0.25) is 4.90 Å². The van der Waals surface area contributed by atoms with Gasteiger partial charge in [0.1, 0.15) is 10.6 Å². The molecule has 0 bridgehead atoms. The van der Waals surface area contributed by atoms with E-state index < -0.39 is 10.0 Å². The van der Waals surface area contributed by atoms with E-state index >= 15 is 0 Å². The Hall–Kier alpha value is -1.93. The molecule has 1 atom stereocenters. The summed E-state index contributed by atoms with van der Waals surface area (Å²) in [6.45, 7) is 7.37. The highest BCUT2D eigenvalue weighted by Gasteiger charge is 2.27. The first-order valence-corrected chi connectivity index (χ1v) is 10.9. The van der Waals surface area contributed by atoms with Gasteiger partial charge in [0.2, 0.25) is 10.0 Å². The summed E-state index contributed by atoms with van der Waals surface area (Å²) in [4.78, 5) is 2.39. The molecule has 0 unspecified atom stereocenters. The van der Waals surface area contributed by atoms with Crippen LogP contribution in [-0.4, -0.2) is 53.3 Å². The number of rotatable bonds is 7. The quantitative estimate of drug-likeness (QED) is 0.768. The highest BCUT2D eigenvalue weighted by molar-refractivity contribution is 7.89. The van der Waals surface area contributed by atoms with Crippen molar-refractivity contribution in [3.8, 4) is 5.75 Å². The van der Waals surface area contributed by atoms with E-state index in [1.54, 1.807) is 12.1 Å². The Kier molecular flexibility index (Phi) is 6.72. The molecule has 0 amide bonds. The van der Waals surface area contributed by atoms with Crippen molar-refractivity contribution in [3.05, 3.63) is 59.2 Å². The van der Waals surface area contributed by atoms with Crippen LogP contribution in [0, 0.1) is 13.8 Å². The monoisotopic (exact) mass is 404 g/mol. The molecule has 6 nitrogen and oxygen atoms in total. The zero-order valence-electron chi connectivity index (χ0n) is 16.6. The van der Waals surface area contributed by atoms with Crippen LogP contribution in [0.25, 0.3) is 0 Å². The normalized spacial score (nSPS) is 16.7. The van der Waals surface area contributed by atoms with Gasteiger partial charge in [0.05, 0.1) is 26.4 Å². The van der Waals surface area contributed by atoms with E-state index in [1.165, 1.54) is 7.11 Å². The van der Waals surface area contributed by atoms with Crippen LogP contribution in [0.1, 0.15) is 22.7 Å². The minimum atomic E-state index is -3.77. The third-order valence-corrected chi connectivity index (χ3v) is 6.42. The molecular weight excluding hydrogens is 376 g/mol. The Morgan fingerprint density at radius 1 is 1.07 bits per heavy atom. The van der Waals surface area contributed by atoms with E-state index in [4.69, 9.17) is 9.47 Å². The minimum absolute atomic E-state index is 0.161. The van der Waals surface area contributed by atoms with Crippen molar-refractivity contribution < 1.29 is 17.9 Å². The van der Waals surface area contributed by atoms with Gasteiger partial charge in [-0.25, -0.2) is 13.1 Å². The number of hydrogen-bond donors (Lipinski definition) is 1. The molecule has 0 spiro atoms. The van der Waals surface area contributed by atoms with Gasteiger partial charge in [-0.1, -0.05) is 35.9 Å². The fourth-order valence-electron chi connectivity index (χ4n) is 3.30. The molecule has 152 valence electrons. The summed E-state index contributed by atoms with van der Waals surface area (Å²) in [5.74, 6) is 0.340. The van der Waals surface area contributed by atoms with Crippen LogP contribution in [0.5, 0.6) is 5.75 Å². The average molecular weight is 405 g/mol. The topological polar surface area (TPSA) is 67.9 Å². The molecule has 7 heteroatoms. The van der Waals surface area contributed by atoms with Crippen LogP contribution in [0.3, 0.4) is 0 Å². The van der Waals surface area contributed by atoms with Gasteiger partial charge in [-0.05, 0) is 37.1 Å². The molecule has 1 saturated heterocycles. The van der Waals surface area contributed by atoms with E-state index in [2.05, 4.69) is 9.62 Å². The van der Waals surface area contributed by atoms with Gasteiger partial charge in [0, 0.05) is 19.6 Å². The number of nitrogens with one attached hydrogen (secondary N) is 1. The first-order valence-electron chi connectivity index (χ1n) is 9.42. The summed E-state index contributed by atoms with van der Waals surface area (Å²) in [6, 6.07) is 12.8. The smallest absolute Gasteiger partial charge is 0.244 e. The Labute approximate surface area is 167 Å². The lowest BCUT2D eigenvalue weighted by atomic mass is 10.1. The fraction of sp³-hybridized carbons (Fsp3) is 0.429. The molecule has 2 aromatic carbocycles. The molecule has 0 aliphatic carbocycles. The predicted molar refractivity (Wildman–Crippen MR) is 109 cm³/mol. The maximum Gasteiger partial charge on any atom is 0.244 e. The lowest BCUT2D eigenvalue weighted by Gasteiger charge is -2.31. The average Bonchev–Trinajstić information content (AvgIpc) is 2.69. The Balaban J connectivity index is 1.91. The van der Waals surface area contributed by atoms with Gasteiger partial charge in [-0.2, -0.15) is 0 Å². The van der Waals surface area contributed by atoms with Crippen molar-refractivity contribution in [1.82, 2.24) is 9.62 Å². The fourth-order valence-corrected chi connectivity index (χ4v) is 4.77. The number of methoxy groups -OCH3 is 1. The lowest BCUT2D eigenvalue weighted by Crippen LogP contribution is -2.43. The summed E-state index contributed by atoms with van der Waals surface area (Å²) >= 11 is 0. The zero-order valence-corrected chi connectivity index (χ0v) is 17.5. The van der Waals surface area contributed by atoms with E-state index in [-0.39, 0.29) is 10.9 Å². The second-order valence-electron chi connectivity index (χ2n) is 7.15. The van der Waals surface area contributed by atoms with E-state index in [1.807, 2.05) is 44.2 Å². The predicted octanol–water partition coefficient (Wildman–Crippen LogP) is 2.66. The van der Waals surface area contributed by atoms with Crippen LogP contribution >= 0.6 is 0 Å². The number of sulfonamides is 1. The molecular formula is C21H28N2O4S. The second-order valence-corrected chi connectivity index (χ2v) is 8.83. The number of benzene rings is 2. The lowest BCUT2D eigenvalue weighted by molar-refractivity contribution is 0.0345. The van der Waals surface area contributed by atoms with Crippen molar-refractivity contribution in [3.63, 3.8) is 0 Å². The van der Waals surface area contributed by atoms with Gasteiger partial charge >= 0.3 is 0 Å². The van der Waals surface area contributed by atoms with Crippen molar-refractivity contribution in [2.45, 2.75) is 24.8 Å². The molecule has 0 radical (unpaired) electrons. The van der Waals surface area contributed by atoms with Crippen LogP contribution in [0.2, 0.25) is 0 Å². The summed E-state index contributed by atoms with van der Waals surface area (Å²) in [5, 5.41) is 0. The van der Waals surface area contributed by atoms with Crippen molar-refractivity contribution in [2.75, 3.05) is 40.0 Å². The molecule has 1 N–H and O–H groups in total. The maximum atomic E-state index is 13.2. The number of morpholine rings is 1. The van der Waals surface area contributed by atoms with Gasteiger partial charge in [0.15, 0.2) is 0 Å². The molecule has 0 aromatic heterocycles. The SMILES string of the molecule is COc1ccc(C)cc1S(=O)(=O)N[C@@H](CN1CCOCC1)c1ccc(C)cc1. The van der Waals surface area contributed by atoms with Crippen LogP contribution < -0.4 is 9.46 Å². The Morgan fingerprint density at radius 3 is 2.36 bits per heavy atom. The molecule has 3 rings (SSSR count). The van der Waals surface area contributed by atoms with Gasteiger partial charge < -0.3 is 9.47 Å².